The number of nitrogens with two attached hydrogens (primary N) is 1. The third-order valence-electron chi connectivity index (χ3n) is 1.91. The molecule has 0 aliphatic rings. The molecule has 1 aromatic carbocycles. The summed E-state index contributed by atoms with van der Waals surface area (Å²) < 4.78 is 18.8. The minimum atomic E-state index is -1.33. The van der Waals surface area contributed by atoms with E-state index in [1.165, 1.54) is 13.8 Å². The van der Waals surface area contributed by atoms with Gasteiger partial charge >= 0.3 is 0 Å². The largest absolute Gasteiger partial charge is 0.492 e. The van der Waals surface area contributed by atoms with Crippen LogP contribution in [-0.4, -0.2) is 13.2 Å². The lowest BCUT2D eigenvalue weighted by Crippen LogP contribution is -2.12. The molecule has 14 heavy (non-hydrogen) atoms. The zero-order chi connectivity index (χ0) is 10.6. The summed E-state index contributed by atoms with van der Waals surface area (Å²) in [4.78, 5) is 0. The Balaban J connectivity index is 2.79. The van der Waals surface area contributed by atoms with Gasteiger partial charge in [-0.15, -0.1) is 0 Å². The third-order valence-corrected chi connectivity index (χ3v) is 1.91. The van der Waals surface area contributed by atoms with E-state index in [9.17, 15) is 4.39 Å². The predicted molar refractivity (Wildman–Crippen MR) is 55.1 cm³/mol. The number of hydrogen-bond acceptors (Lipinski definition) is 2. The summed E-state index contributed by atoms with van der Waals surface area (Å²) in [5.41, 5.74) is 4.59. The standard InChI is InChI=1S/C11H16FNO/c1-11(2,12)9-4-3-5-10(8-9)14-7-6-13/h3-5,8H,6-7,13H2,1-2H3. The Bertz CT molecular complexity index is 294. The van der Waals surface area contributed by atoms with Crippen molar-refractivity contribution in [3.63, 3.8) is 0 Å². The van der Waals surface area contributed by atoms with Crippen LogP contribution in [-0.2, 0) is 5.67 Å². The highest BCUT2D eigenvalue weighted by molar-refractivity contribution is 5.31. The van der Waals surface area contributed by atoms with E-state index in [0.717, 1.165) is 0 Å². The summed E-state index contributed by atoms with van der Waals surface area (Å²) in [5.74, 6) is 0.665. The summed E-state index contributed by atoms with van der Waals surface area (Å²) in [7, 11) is 0. The number of rotatable bonds is 4. The number of halogens is 1. The molecule has 0 amide bonds. The minimum absolute atomic E-state index is 0.455. The van der Waals surface area contributed by atoms with Gasteiger partial charge in [-0.3, -0.25) is 0 Å². The van der Waals surface area contributed by atoms with Gasteiger partial charge in [-0.05, 0) is 31.5 Å². The van der Waals surface area contributed by atoms with Gasteiger partial charge < -0.3 is 10.5 Å². The average Bonchev–Trinajstić information content (AvgIpc) is 2.14. The van der Waals surface area contributed by atoms with Crippen molar-refractivity contribution in [2.24, 2.45) is 5.73 Å². The summed E-state index contributed by atoms with van der Waals surface area (Å²) in [6.45, 7) is 3.96. The van der Waals surface area contributed by atoms with Crippen LogP contribution in [0.2, 0.25) is 0 Å². The summed E-state index contributed by atoms with van der Waals surface area (Å²) in [6, 6.07) is 7.03. The van der Waals surface area contributed by atoms with Gasteiger partial charge in [-0.1, -0.05) is 12.1 Å². The Morgan fingerprint density at radius 1 is 1.43 bits per heavy atom. The number of alkyl halides is 1. The Labute approximate surface area is 83.9 Å². The molecule has 0 saturated heterocycles. The van der Waals surface area contributed by atoms with Crippen molar-refractivity contribution in [1.29, 1.82) is 0 Å². The Hall–Kier alpha value is -1.09. The van der Waals surface area contributed by atoms with Crippen LogP contribution in [0.5, 0.6) is 5.75 Å². The highest BCUT2D eigenvalue weighted by Gasteiger charge is 2.18. The first-order valence-electron chi connectivity index (χ1n) is 4.66. The van der Waals surface area contributed by atoms with E-state index in [2.05, 4.69) is 0 Å². The molecule has 0 spiro atoms. The molecule has 1 aromatic rings. The number of hydrogen-bond donors (Lipinski definition) is 1. The molecule has 1 rings (SSSR count). The SMILES string of the molecule is CC(C)(F)c1cccc(OCCN)c1. The molecule has 0 atom stereocenters. The van der Waals surface area contributed by atoms with Crippen molar-refractivity contribution in [3.05, 3.63) is 29.8 Å². The zero-order valence-electron chi connectivity index (χ0n) is 8.59. The van der Waals surface area contributed by atoms with Crippen LogP contribution in [0.3, 0.4) is 0 Å². The summed E-state index contributed by atoms with van der Waals surface area (Å²) in [6.07, 6.45) is 0. The monoisotopic (exact) mass is 197 g/mol. The van der Waals surface area contributed by atoms with Gasteiger partial charge in [-0.25, -0.2) is 4.39 Å². The smallest absolute Gasteiger partial charge is 0.130 e. The molecule has 0 heterocycles. The first-order valence-corrected chi connectivity index (χ1v) is 4.66. The van der Waals surface area contributed by atoms with Crippen molar-refractivity contribution < 1.29 is 9.13 Å². The van der Waals surface area contributed by atoms with Crippen LogP contribution in [0, 0.1) is 0 Å². The lowest BCUT2D eigenvalue weighted by molar-refractivity contribution is 0.220. The Morgan fingerprint density at radius 3 is 2.71 bits per heavy atom. The molecular formula is C11H16FNO. The fourth-order valence-corrected chi connectivity index (χ4v) is 1.13. The van der Waals surface area contributed by atoms with Gasteiger partial charge in [0.25, 0.3) is 0 Å². The highest BCUT2D eigenvalue weighted by atomic mass is 19.1. The van der Waals surface area contributed by atoms with Crippen LogP contribution in [0.1, 0.15) is 19.4 Å². The maximum Gasteiger partial charge on any atom is 0.130 e. The predicted octanol–water partition coefficient (Wildman–Crippen LogP) is 2.23. The van der Waals surface area contributed by atoms with Crippen molar-refractivity contribution in [2.75, 3.05) is 13.2 Å². The van der Waals surface area contributed by atoms with Gasteiger partial charge in [0, 0.05) is 6.54 Å². The lowest BCUT2D eigenvalue weighted by atomic mass is 10.0. The van der Waals surface area contributed by atoms with E-state index in [4.69, 9.17) is 10.5 Å². The van der Waals surface area contributed by atoms with Gasteiger partial charge in [0.2, 0.25) is 0 Å². The molecule has 0 bridgehead atoms. The molecule has 0 fully saturated rings. The Morgan fingerprint density at radius 2 is 2.14 bits per heavy atom. The zero-order valence-corrected chi connectivity index (χ0v) is 8.59. The molecule has 0 unspecified atom stereocenters. The van der Waals surface area contributed by atoms with Gasteiger partial charge in [0.15, 0.2) is 0 Å². The van der Waals surface area contributed by atoms with E-state index in [1.807, 2.05) is 0 Å². The maximum atomic E-state index is 13.5. The lowest BCUT2D eigenvalue weighted by Gasteiger charge is -2.15. The van der Waals surface area contributed by atoms with E-state index in [-0.39, 0.29) is 0 Å². The van der Waals surface area contributed by atoms with Crippen molar-refractivity contribution in [1.82, 2.24) is 0 Å². The second-order valence-electron chi connectivity index (χ2n) is 3.64. The van der Waals surface area contributed by atoms with E-state index in [1.54, 1.807) is 24.3 Å². The van der Waals surface area contributed by atoms with Gasteiger partial charge in [-0.2, -0.15) is 0 Å². The van der Waals surface area contributed by atoms with Crippen LogP contribution in [0.4, 0.5) is 4.39 Å². The van der Waals surface area contributed by atoms with Crippen molar-refractivity contribution >= 4 is 0 Å². The number of ether oxygens (including phenoxy) is 1. The molecule has 0 aromatic heterocycles. The second-order valence-corrected chi connectivity index (χ2v) is 3.64. The van der Waals surface area contributed by atoms with E-state index in [0.29, 0.717) is 24.5 Å². The topological polar surface area (TPSA) is 35.2 Å². The molecule has 3 heteroatoms. The maximum absolute atomic E-state index is 13.5. The third kappa shape index (κ3) is 3.00. The van der Waals surface area contributed by atoms with Crippen LogP contribution in [0.25, 0.3) is 0 Å². The van der Waals surface area contributed by atoms with E-state index >= 15 is 0 Å². The fourth-order valence-electron chi connectivity index (χ4n) is 1.13. The molecule has 2 N–H and O–H groups in total. The van der Waals surface area contributed by atoms with Crippen LogP contribution < -0.4 is 10.5 Å². The van der Waals surface area contributed by atoms with Gasteiger partial charge in [0.05, 0.1) is 0 Å². The molecule has 2 nitrogen and oxygen atoms in total. The molecule has 78 valence electrons. The fraction of sp³-hybridized carbons (Fsp3) is 0.455. The molecule has 0 aliphatic heterocycles. The van der Waals surface area contributed by atoms with E-state index < -0.39 is 5.67 Å². The first kappa shape index (κ1) is 11.0. The molecule has 0 aliphatic carbocycles. The first-order chi connectivity index (χ1) is 6.54. The quantitative estimate of drug-likeness (QED) is 0.803. The average molecular weight is 197 g/mol. The normalized spacial score (nSPS) is 11.4. The van der Waals surface area contributed by atoms with Crippen LogP contribution in [0.15, 0.2) is 24.3 Å². The molecule has 0 radical (unpaired) electrons. The number of benzene rings is 1. The Kier molecular flexibility index (Phi) is 3.47. The minimum Gasteiger partial charge on any atom is -0.492 e. The second kappa shape index (κ2) is 4.42. The highest BCUT2D eigenvalue weighted by Crippen LogP contribution is 2.27. The summed E-state index contributed by atoms with van der Waals surface area (Å²) in [5, 5.41) is 0. The summed E-state index contributed by atoms with van der Waals surface area (Å²) >= 11 is 0. The van der Waals surface area contributed by atoms with Crippen LogP contribution >= 0.6 is 0 Å². The van der Waals surface area contributed by atoms with Crippen molar-refractivity contribution in [2.45, 2.75) is 19.5 Å². The van der Waals surface area contributed by atoms with Crippen molar-refractivity contribution in [3.8, 4) is 5.75 Å². The van der Waals surface area contributed by atoms with Gasteiger partial charge in [0.1, 0.15) is 18.0 Å². The molecular weight excluding hydrogens is 181 g/mol. The molecule has 0 saturated carbocycles.